The molecule has 1 aliphatic heterocycles. The van der Waals surface area contributed by atoms with Crippen molar-refractivity contribution in [1.82, 2.24) is 15.2 Å². The molecule has 1 aromatic heterocycles. The molecule has 2 heterocycles. The van der Waals surface area contributed by atoms with Gasteiger partial charge >= 0.3 is 0 Å². The van der Waals surface area contributed by atoms with Crippen molar-refractivity contribution < 1.29 is 9.59 Å². The highest BCUT2D eigenvalue weighted by Crippen LogP contribution is 2.38. The zero-order valence-electron chi connectivity index (χ0n) is 17.5. The van der Waals surface area contributed by atoms with Crippen LogP contribution in [0.4, 0.5) is 5.82 Å². The number of hydrogen-bond donors (Lipinski definition) is 2. The number of nitrogen functional groups attached to an aromatic ring is 1. The lowest BCUT2D eigenvalue weighted by atomic mass is 9.77. The average Bonchev–Trinajstić information content (AvgIpc) is 2.73. The Morgan fingerprint density at radius 1 is 1.13 bits per heavy atom. The van der Waals surface area contributed by atoms with E-state index in [0.717, 1.165) is 43.4 Å². The lowest BCUT2D eigenvalue weighted by molar-refractivity contribution is -0.151. The molecule has 4 rings (SSSR count). The van der Waals surface area contributed by atoms with Crippen molar-refractivity contribution in [2.75, 3.05) is 12.3 Å². The summed E-state index contributed by atoms with van der Waals surface area (Å²) < 4.78 is 0. The van der Waals surface area contributed by atoms with Crippen LogP contribution in [0.1, 0.15) is 54.8 Å². The molecule has 0 unspecified atom stereocenters. The fourth-order valence-corrected chi connectivity index (χ4v) is 4.70. The van der Waals surface area contributed by atoms with E-state index in [0.29, 0.717) is 24.8 Å². The summed E-state index contributed by atoms with van der Waals surface area (Å²) in [5, 5.41) is 2.97. The van der Waals surface area contributed by atoms with Gasteiger partial charge in [0.25, 0.3) is 0 Å². The summed E-state index contributed by atoms with van der Waals surface area (Å²) in [6.45, 7) is 2.95. The third-order valence-electron chi connectivity index (χ3n) is 6.57. The lowest BCUT2D eigenvalue weighted by Crippen LogP contribution is -2.59. The van der Waals surface area contributed by atoms with Crippen molar-refractivity contribution in [2.24, 2.45) is 5.92 Å². The SMILES string of the molecule is Cc1nc(N)ccc1CNC(=O)[C@@H]1CCN1C(=O)[C@@H]1CCC[C@H](c2ccccc2)C1. The predicted molar refractivity (Wildman–Crippen MR) is 116 cm³/mol. The molecule has 3 atom stereocenters. The molecule has 158 valence electrons. The fraction of sp³-hybridized carbons (Fsp3) is 0.458. The van der Waals surface area contributed by atoms with E-state index in [1.165, 1.54) is 5.56 Å². The van der Waals surface area contributed by atoms with Crippen LogP contribution in [0.5, 0.6) is 0 Å². The number of nitrogens with one attached hydrogen (secondary N) is 1. The van der Waals surface area contributed by atoms with E-state index in [1.807, 2.05) is 19.1 Å². The van der Waals surface area contributed by atoms with E-state index in [-0.39, 0.29) is 23.8 Å². The van der Waals surface area contributed by atoms with E-state index < -0.39 is 0 Å². The highest BCUT2D eigenvalue weighted by atomic mass is 16.2. The van der Waals surface area contributed by atoms with Gasteiger partial charge in [0.15, 0.2) is 0 Å². The standard InChI is InChI=1S/C24H30N4O2/c1-16-20(10-11-22(25)27-16)15-26-23(29)21-12-13-28(21)24(30)19-9-5-8-18(14-19)17-6-3-2-4-7-17/h2-4,6-7,10-11,18-19,21H,5,8-9,12-15H2,1H3,(H2,25,27)(H,26,29)/t18-,19+,21-/m0/s1. The summed E-state index contributed by atoms with van der Waals surface area (Å²) in [4.78, 5) is 31.9. The molecular formula is C24H30N4O2. The third kappa shape index (κ3) is 4.32. The van der Waals surface area contributed by atoms with Crippen LogP contribution in [0.25, 0.3) is 0 Å². The minimum Gasteiger partial charge on any atom is -0.384 e. The molecule has 1 aliphatic carbocycles. The van der Waals surface area contributed by atoms with Crippen molar-refractivity contribution in [2.45, 2.75) is 57.5 Å². The van der Waals surface area contributed by atoms with Gasteiger partial charge < -0.3 is 16.0 Å². The number of carbonyl (C=O) groups is 2. The summed E-state index contributed by atoms with van der Waals surface area (Å²) in [5.74, 6) is 0.986. The number of carbonyl (C=O) groups excluding carboxylic acids is 2. The third-order valence-corrected chi connectivity index (χ3v) is 6.57. The van der Waals surface area contributed by atoms with Crippen LogP contribution < -0.4 is 11.1 Å². The first kappa shape index (κ1) is 20.4. The first-order valence-electron chi connectivity index (χ1n) is 10.9. The van der Waals surface area contributed by atoms with Gasteiger partial charge in [-0.05, 0) is 55.7 Å². The molecule has 6 nitrogen and oxygen atoms in total. The monoisotopic (exact) mass is 406 g/mol. The summed E-state index contributed by atoms with van der Waals surface area (Å²) in [7, 11) is 0. The van der Waals surface area contributed by atoms with Crippen LogP contribution in [-0.2, 0) is 16.1 Å². The van der Waals surface area contributed by atoms with Gasteiger partial charge in [-0.3, -0.25) is 9.59 Å². The number of nitrogens with zero attached hydrogens (tertiary/aromatic N) is 2. The van der Waals surface area contributed by atoms with Gasteiger partial charge in [0.2, 0.25) is 11.8 Å². The quantitative estimate of drug-likeness (QED) is 0.798. The Kier molecular flexibility index (Phi) is 6.02. The van der Waals surface area contributed by atoms with Crippen LogP contribution in [0.2, 0.25) is 0 Å². The van der Waals surface area contributed by atoms with Crippen LogP contribution in [0.15, 0.2) is 42.5 Å². The molecule has 6 heteroatoms. The normalized spacial score (nSPS) is 23.5. The summed E-state index contributed by atoms with van der Waals surface area (Å²) >= 11 is 0. The number of anilines is 1. The van der Waals surface area contributed by atoms with Gasteiger partial charge in [-0.15, -0.1) is 0 Å². The van der Waals surface area contributed by atoms with Gasteiger partial charge in [0, 0.05) is 24.7 Å². The molecule has 0 spiro atoms. The van der Waals surface area contributed by atoms with Gasteiger partial charge in [0.1, 0.15) is 11.9 Å². The Bertz CT molecular complexity index is 915. The minimum absolute atomic E-state index is 0.0168. The molecule has 2 aromatic rings. The second-order valence-electron chi connectivity index (χ2n) is 8.51. The highest BCUT2D eigenvalue weighted by Gasteiger charge is 2.41. The van der Waals surface area contributed by atoms with Crippen molar-refractivity contribution in [1.29, 1.82) is 0 Å². The maximum absolute atomic E-state index is 13.2. The highest BCUT2D eigenvalue weighted by molar-refractivity contribution is 5.90. The maximum Gasteiger partial charge on any atom is 0.243 e. The van der Waals surface area contributed by atoms with E-state index in [4.69, 9.17) is 5.73 Å². The van der Waals surface area contributed by atoms with E-state index in [2.05, 4.69) is 34.6 Å². The smallest absolute Gasteiger partial charge is 0.243 e. The van der Waals surface area contributed by atoms with Crippen molar-refractivity contribution in [3.05, 3.63) is 59.3 Å². The number of aromatic nitrogens is 1. The number of pyridine rings is 1. The van der Waals surface area contributed by atoms with E-state index in [1.54, 1.807) is 11.0 Å². The van der Waals surface area contributed by atoms with Crippen LogP contribution >= 0.6 is 0 Å². The number of rotatable bonds is 5. The van der Waals surface area contributed by atoms with Crippen LogP contribution in [0.3, 0.4) is 0 Å². The first-order chi connectivity index (χ1) is 14.5. The van der Waals surface area contributed by atoms with Gasteiger partial charge in [-0.1, -0.05) is 42.8 Å². The molecule has 30 heavy (non-hydrogen) atoms. The number of amides is 2. The van der Waals surface area contributed by atoms with E-state index in [9.17, 15) is 9.59 Å². The van der Waals surface area contributed by atoms with Gasteiger partial charge in [0.05, 0.1) is 0 Å². The lowest BCUT2D eigenvalue weighted by Gasteiger charge is -2.43. The zero-order chi connectivity index (χ0) is 21.1. The molecule has 2 amide bonds. The number of likely N-dealkylation sites (tertiary alicyclic amines) is 1. The second kappa shape index (κ2) is 8.86. The van der Waals surface area contributed by atoms with Crippen LogP contribution in [0, 0.1) is 12.8 Å². The van der Waals surface area contributed by atoms with E-state index >= 15 is 0 Å². The number of aryl methyl sites for hydroxylation is 1. The topological polar surface area (TPSA) is 88.3 Å². The summed E-state index contributed by atoms with van der Waals surface area (Å²) in [6, 6.07) is 13.7. The Hall–Kier alpha value is -2.89. The first-order valence-corrected chi connectivity index (χ1v) is 10.9. The molecular weight excluding hydrogens is 376 g/mol. The number of nitrogens with two attached hydrogens (primary N) is 1. The second-order valence-corrected chi connectivity index (χ2v) is 8.51. The average molecular weight is 407 g/mol. The molecule has 0 radical (unpaired) electrons. The maximum atomic E-state index is 13.2. The molecule has 0 bridgehead atoms. The Labute approximate surface area is 177 Å². The van der Waals surface area contributed by atoms with Crippen molar-refractivity contribution in [3.63, 3.8) is 0 Å². The van der Waals surface area contributed by atoms with Crippen molar-refractivity contribution in [3.8, 4) is 0 Å². The Morgan fingerprint density at radius 3 is 2.63 bits per heavy atom. The van der Waals surface area contributed by atoms with Crippen LogP contribution in [-0.4, -0.2) is 34.3 Å². The number of hydrogen-bond acceptors (Lipinski definition) is 4. The summed E-state index contributed by atoms with van der Waals surface area (Å²) in [5.41, 5.74) is 8.76. The zero-order valence-corrected chi connectivity index (χ0v) is 17.5. The van der Waals surface area contributed by atoms with Crippen molar-refractivity contribution >= 4 is 17.6 Å². The molecule has 2 aliphatic rings. The fourth-order valence-electron chi connectivity index (χ4n) is 4.70. The molecule has 1 saturated carbocycles. The molecule has 2 fully saturated rings. The number of benzene rings is 1. The Balaban J connectivity index is 1.34. The molecule has 1 saturated heterocycles. The molecule has 1 aromatic carbocycles. The predicted octanol–water partition coefficient (Wildman–Crippen LogP) is 3.16. The molecule has 3 N–H and O–H groups in total. The summed E-state index contributed by atoms with van der Waals surface area (Å²) in [6.07, 6.45) is 4.72. The van der Waals surface area contributed by atoms with Gasteiger partial charge in [-0.25, -0.2) is 4.98 Å². The Morgan fingerprint density at radius 2 is 1.93 bits per heavy atom. The van der Waals surface area contributed by atoms with Gasteiger partial charge in [-0.2, -0.15) is 0 Å². The minimum atomic E-state index is -0.350. The largest absolute Gasteiger partial charge is 0.384 e.